The molecule has 1 aromatic carbocycles. The van der Waals surface area contributed by atoms with Crippen LogP contribution in [0.15, 0.2) is 24.3 Å². The maximum atomic E-state index is 12.9. The molecular formula is C20H31NO3. The van der Waals surface area contributed by atoms with Crippen LogP contribution < -0.4 is 10.1 Å². The third-order valence-corrected chi connectivity index (χ3v) is 4.49. The second-order valence-corrected chi connectivity index (χ2v) is 7.31. The minimum atomic E-state index is -0.681. The van der Waals surface area contributed by atoms with E-state index >= 15 is 0 Å². The van der Waals surface area contributed by atoms with Gasteiger partial charge in [-0.2, -0.15) is 0 Å². The Hall–Kier alpha value is -1.55. The van der Waals surface area contributed by atoms with Crippen molar-refractivity contribution in [3.05, 3.63) is 24.3 Å². The van der Waals surface area contributed by atoms with Crippen LogP contribution in [0.1, 0.15) is 53.4 Å². The predicted octanol–water partition coefficient (Wildman–Crippen LogP) is 4.65. The van der Waals surface area contributed by atoms with Crippen LogP contribution >= 0.6 is 0 Å². The van der Waals surface area contributed by atoms with Crippen LogP contribution in [0.2, 0.25) is 0 Å². The molecule has 1 amide bonds. The van der Waals surface area contributed by atoms with E-state index in [1.54, 1.807) is 0 Å². The molecule has 2 unspecified atom stereocenters. The van der Waals surface area contributed by atoms with Gasteiger partial charge in [0.05, 0.1) is 6.61 Å². The van der Waals surface area contributed by atoms with Crippen LogP contribution in [-0.2, 0) is 9.53 Å². The van der Waals surface area contributed by atoms with Crippen molar-refractivity contribution in [2.24, 2.45) is 11.8 Å². The molecule has 0 heterocycles. The lowest BCUT2D eigenvalue weighted by Gasteiger charge is -2.38. The molecule has 0 bridgehead atoms. The van der Waals surface area contributed by atoms with E-state index in [9.17, 15) is 4.79 Å². The van der Waals surface area contributed by atoms with Crippen molar-refractivity contribution in [3.63, 3.8) is 0 Å². The molecule has 1 aliphatic rings. The van der Waals surface area contributed by atoms with Gasteiger partial charge in [0.1, 0.15) is 11.4 Å². The largest absolute Gasteiger partial charge is 0.493 e. The Balaban J connectivity index is 2.01. The van der Waals surface area contributed by atoms with Crippen molar-refractivity contribution in [2.75, 3.05) is 18.5 Å². The van der Waals surface area contributed by atoms with E-state index in [0.717, 1.165) is 30.7 Å². The van der Waals surface area contributed by atoms with Gasteiger partial charge in [-0.15, -0.1) is 0 Å². The molecule has 2 atom stereocenters. The summed E-state index contributed by atoms with van der Waals surface area (Å²) in [5.74, 6) is 1.81. The number of ether oxygens (including phenoxy) is 2. The first-order valence-corrected chi connectivity index (χ1v) is 9.13. The third kappa shape index (κ3) is 4.97. The van der Waals surface area contributed by atoms with E-state index in [0.29, 0.717) is 25.0 Å². The summed E-state index contributed by atoms with van der Waals surface area (Å²) in [6.07, 6.45) is 3.80. The summed E-state index contributed by atoms with van der Waals surface area (Å²) in [6.45, 7) is 9.63. The van der Waals surface area contributed by atoms with Gasteiger partial charge in [0.2, 0.25) is 0 Å². The number of amides is 1. The minimum Gasteiger partial charge on any atom is -0.493 e. The zero-order valence-electron chi connectivity index (χ0n) is 15.4. The fourth-order valence-corrected chi connectivity index (χ4v) is 3.32. The van der Waals surface area contributed by atoms with Crippen LogP contribution in [0.25, 0.3) is 0 Å². The highest BCUT2D eigenvalue weighted by Crippen LogP contribution is 2.36. The fourth-order valence-electron chi connectivity index (χ4n) is 3.32. The molecule has 2 rings (SSSR count). The van der Waals surface area contributed by atoms with Crippen molar-refractivity contribution in [2.45, 2.75) is 59.0 Å². The molecule has 0 saturated heterocycles. The van der Waals surface area contributed by atoms with E-state index in [1.165, 1.54) is 6.42 Å². The van der Waals surface area contributed by atoms with Gasteiger partial charge in [0.15, 0.2) is 0 Å². The average Bonchev–Trinajstić information content (AvgIpc) is 2.54. The summed E-state index contributed by atoms with van der Waals surface area (Å²) >= 11 is 0. The number of rotatable bonds is 7. The molecule has 0 aliphatic heterocycles. The topological polar surface area (TPSA) is 47.6 Å². The van der Waals surface area contributed by atoms with Crippen molar-refractivity contribution >= 4 is 11.6 Å². The summed E-state index contributed by atoms with van der Waals surface area (Å²) < 4.78 is 11.6. The molecule has 1 saturated carbocycles. The first-order chi connectivity index (χ1) is 11.4. The minimum absolute atomic E-state index is 0.0215. The standard InChI is InChI=1S/C20H31NO3/c1-5-24-20(12-6-7-16(4)13-20)19(22)21-17-8-10-18(11-9-17)23-14-15(2)3/h8-11,15-16H,5-7,12-14H2,1-4H3,(H,21,22). The van der Waals surface area contributed by atoms with Crippen molar-refractivity contribution < 1.29 is 14.3 Å². The van der Waals surface area contributed by atoms with Gasteiger partial charge >= 0.3 is 0 Å². The summed E-state index contributed by atoms with van der Waals surface area (Å²) in [7, 11) is 0. The predicted molar refractivity (Wildman–Crippen MR) is 97.4 cm³/mol. The van der Waals surface area contributed by atoms with Crippen LogP contribution in [0, 0.1) is 11.8 Å². The molecule has 24 heavy (non-hydrogen) atoms. The van der Waals surface area contributed by atoms with Crippen molar-refractivity contribution in [1.82, 2.24) is 0 Å². The molecule has 1 fully saturated rings. The summed E-state index contributed by atoms with van der Waals surface area (Å²) in [6, 6.07) is 7.57. The Morgan fingerprint density at radius 2 is 2.04 bits per heavy atom. The molecule has 1 aliphatic carbocycles. The van der Waals surface area contributed by atoms with Crippen molar-refractivity contribution in [1.29, 1.82) is 0 Å². The van der Waals surface area contributed by atoms with Gasteiger partial charge in [-0.05, 0) is 62.3 Å². The lowest BCUT2D eigenvalue weighted by Crippen LogP contribution is -2.48. The molecule has 0 spiro atoms. The average molecular weight is 333 g/mol. The molecule has 4 heteroatoms. The number of anilines is 1. The Labute approximate surface area is 145 Å². The Bertz CT molecular complexity index is 522. The third-order valence-electron chi connectivity index (χ3n) is 4.49. The molecule has 1 aromatic rings. The molecule has 134 valence electrons. The highest BCUT2D eigenvalue weighted by Gasteiger charge is 2.42. The smallest absolute Gasteiger partial charge is 0.256 e. The molecule has 0 radical (unpaired) electrons. The molecule has 4 nitrogen and oxygen atoms in total. The first-order valence-electron chi connectivity index (χ1n) is 9.13. The highest BCUT2D eigenvalue weighted by molar-refractivity contribution is 5.97. The van der Waals surface area contributed by atoms with Crippen LogP contribution in [0.4, 0.5) is 5.69 Å². The summed E-state index contributed by atoms with van der Waals surface area (Å²) in [5.41, 5.74) is 0.105. The van der Waals surface area contributed by atoms with Gasteiger partial charge in [-0.1, -0.05) is 27.2 Å². The second kappa shape index (κ2) is 8.52. The summed E-state index contributed by atoms with van der Waals surface area (Å²) in [5, 5.41) is 3.03. The monoisotopic (exact) mass is 333 g/mol. The SMILES string of the molecule is CCOC1(C(=O)Nc2ccc(OCC(C)C)cc2)CCCC(C)C1. The summed E-state index contributed by atoms with van der Waals surface area (Å²) in [4.78, 5) is 12.9. The number of nitrogens with one attached hydrogen (secondary N) is 1. The van der Waals surface area contributed by atoms with Gasteiger partial charge in [0, 0.05) is 12.3 Å². The van der Waals surface area contributed by atoms with Gasteiger partial charge in [-0.3, -0.25) is 4.79 Å². The van der Waals surface area contributed by atoms with Crippen LogP contribution in [0.3, 0.4) is 0 Å². The Morgan fingerprint density at radius 1 is 1.33 bits per heavy atom. The Morgan fingerprint density at radius 3 is 2.62 bits per heavy atom. The first kappa shape index (κ1) is 18.8. The van der Waals surface area contributed by atoms with Gasteiger partial charge < -0.3 is 14.8 Å². The zero-order valence-corrected chi connectivity index (χ0v) is 15.4. The van der Waals surface area contributed by atoms with E-state index < -0.39 is 5.60 Å². The van der Waals surface area contributed by atoms with Gasteiger partial charge in [0.25, 0.3) is 5.91 Å². The fraction of sp³-hybridized carbons (Fsp3) is 0.650. The normalized spacial score (nSPS) is 24.0. The van der Waals surface area contributed by atoms with E-state index in [4.69, 9.17) is 9.47 Å². The molecular weight excluding hydrogens is 302 g/mol. The molecule has 1 N–H and O–H groups in total. The Kier molecular flexibility index (Phi) is 6.67. The van der Waals surface area contributed by atoms with Crippen LogP contribution in [-0.4, -0.2) is 24.7 Å². The number of benzene rings is 1. The highest BCUT2D eigenvalue weighted by atomic mass is 16.5. The second-order valence-electron chi connectivity index (χ2n) is 7.31. The van der Waals surface area contributed by atoms with E-state index in [2.05, 4.69) is 26.1 Å². The number of hydrogen-bond donors (Lipinski definition) is 1. The maximum absolute atomic E-state index is 12.9. The number of hydrogen-bond acceptors (Lipinski definition) is 3. The van der Waals surface area contributed by atoms with Gasteiger partial charge in [-0.25, -0.2) is 0 Å². The van der Waals surface area contributed by atoms with Crippen LogP contribution in [0.5, 0.6) is 5.75 Å². The molecule has 0 aromatic heterocycles. The van der Waals surface area contributed by atoms with Crippen molar-refractivity contribution in [3.8, 4) is 5.75 Å². The lowest BCUT2D eigenvalue weighted by molar-refractivity contribution is -0.147. The number of carbonyl (C=O) groups excluding carboxylic acids is 1. The number of carbonyl (C=O) groups is 1. The quantitative estimate of drug-likeness (QED) is 0.790. The van der Waals surface area contributed by atoms with E-state index in [1.807, 2.05) is 31.2 Å². The van der Waals surface area contributed by atoms with E-state index in [-0.39, 0.29) is 5.91 Å². The lowest BCUT2D eigenvalue weighted by atomic mass is 9.78. The maximum Gasteiger partial charge on any atom is 0.256 e. The zero-order chi connectivity index (χ0) is 17.6.